The van der Waals surface area contributed by atoms with Gasteiger partial charge in [-0.2, -0.15) is 0 Å². The minimum atomic E-state index is -2.02. The van der Waals surface area contributed by atoms with Crippen LogP contribution in [0.15, 0.2) is 41.0 Å². The van der Waals surface area contributed by atoms with E-state index in [2.05, 4.69) is 10.6 Å². The van der Waals surface area contributed by atoms with Crippen LogP contribution < -0.4 is 15.4 Å². The first-order chi connectivity index (χ1) is 28.6. The van der Waals surface area contributed by atoms with Gasteiger partial charge in [-0.15, -0.1) is 11.8 Å². The number of methoxy groups -OCH3 is 1. The maximum Gasteiger partial charge on any atom is 0.312 e. The van der Waals surface area contributed by atoms with Crippen LogP contribution in [-0.2, 0) is 38.1 Å². The summed E-state index contributed by atoms with van der Waals surface area (Å²) in [5, 5.41) is 40.5. The molecule has 4 heterocycles. The number of ketones is 1. The van der Waals surface area contributed by atoms with Crippen LogP contribution >= 0.6 is 34.4 Å². The van der Waals surface area contributed by atoms with E-state index in [0.717, 1.165) is 11.8 Å². The number of carbonyl (C=O) groups is 4. The third-order valence-corrected chi connectivity index (χ3v) is 13.3. The number of phenolic OH excluding ortho intramolecular Hbond substituents is 3. The molecule has 2 aromatic rings. The molecule has 6 rings (SSSR count). The Hall–Kier alpha value is -4.04. The number of alkyl halides is 1. The summed E-state index contributed by atoms with van der Waals surface area (Å²) in [5.74, 6) is -7.83. The molecule has 1 fully saturated rings. The van der Waals surface area contributed by atoms with Gasteiger partial charge in [0.25, 0.3) is 11.7 Å². The summed E-state index contributed by atoms with van der Waals surface area (Å²) in [6.45, 7) is 17.5. The van der Waals surface area contributed by atoms with Crippen LogP contribution in [0.2, 0.25) is 0 Å². The summed E-state index contributed by atoms with van der Waals surface area (Å²) in [6.07, 6.45) is 5.86. The number of benzene rings is 2. The SMILES string of the molecule is CO[C@H]1/C=C/O[C@@]2(C)Oc3c(C)c(O)c4c(O)c(c(SCCNC(=O)CI)c(O)c4c3C2=O)NC(=O)/C(C)=C\C=C\[C@H](C)[C@@H]2OC(C)(C)O[C@@H]([C@H](C)[C@@H](OC(C)=O)[C@@H]1C)[C@@H]2C. The number of thioether (sulfide) groups is 1. The number of ether oxygens (including phenoxy) is 6. The number of halogens is 1. The minimum Gasteiger partial charge on any atom is -0.507 e. The number of hydrogen-bond donors (Lipinski definition) is 5. The molecule has 0 aliphatic carbocycles. The van der Waals surface area contributed by atoms with Gasteiger partial charge < -0.3 is 54.4 Å². The number of amides is 2. The van der Waals surface area contributed by atoms with E-state index in [4.69, 9.17) is 28.4 Å². The summed E-state index contributed by atoms with van der Waals surface area (Å²) in [5.41, 5.74) is -0.0673. The molecule has 0 aromatic heterocycles. The van der Waals surface area contributed by atoms with E-state index in [-0.39, 0.29) is 90.3 Å². The summed E-state index contributed by atoms with van der Waals surface area (Å²) >= 11 is 2.95. The average molecular weight is 981 g/mol. The number of carbonyl (C=O) groups excluding carboxylic acids is 4. The molecule has 0 spiro atoms. The molecule has 9 atom stereocenters. The second-order valence-corrected chi connectivity index (χ2v) is 18.3. The third-order valence-electron chi connectivity index (χ3n) is 11.5. The van der Waals surface area contributed by atoms with Crippen molar-refractivity contribution in [2.45, 2.75) is 110 Å². The quantitative estimate of drug-likeness (QED) is 0.0354. The van der Waals surface area contributed by atoms with Crippen molar-refractivity contribution in [1.82, 2.24) is 5.32 Å². The molecule has 2 aromatic carbocycles. The number of Topliss-reactive ketones (excluding diaryl/α,β-unsaturated/α-hetero) is 1. The highest BCUT2D eigenvalue weighted by molar-refractivity contribution is 14.1. The van der Waals surface area contributed by atoms with Crippen LogP contribution in [0.5, 0.6) is 23.0 Å². The second kappa shape index (κ2) is 19.1. The number of anilines is 1. The van der Waals surface area contributed by atoms with Crippen LogP contribution in [0, 0.1) is 30.6 Å². The largest absolute Gasteiger partial charge is 0.507 e. The topological polar surface area (TPSA) is 208 Å². The molecule has 4 aliphatic rings. The molecular weight excluding hydrogens is 923 g/mol. The predicted octanol–water partition coefficient (Wildman–Crippen LogP) is 7.20. The minimum absolute atomic E-state index is 0.0162. The zero-order valence-corrected chi connectivity index (χ0v) is 39.3. The molecule has 15 nitrogen and oxygen atoms in total. The molecule has 1 saturated heterocycles. The van der Waals surface area contributed by atoms with Crippen LogP contribution in [0.3, 0.4) is 0 Å². The number of esters is 1. The van der Waals surface area contributed by atoms with Gasteiger partial charge in [-0.1, -0.05) is 68.5 Å². The first-order valence-electron chi connectivity index (χ1n) is 20.1. The zero-order chi connectivity index (χ0) is 45.3. The maximum atomic E-state index is 14.5. The highest BCUT2D eigenvalue weighted by Gasteiger charge is 2.51. The predicted molar refractivity (Wildman–Crippen MR) is 238 cm³/mol. The molecule has 0 radical (unpaired) electrons. The molecule has 5 N–H and O–H groups in total. The smallest absolute Gasteiger partial charge is 0.312 e. The first-order valence-corrected chi connectivity index (χ1v) is 22.6. The Morgan fingerprint density at radius 2 is 1.62 bits per heavy atom. The van der Waals surface area contributed by atoms with Crippen molar-refractivity contribution in [3.63, 3.8) is 0 Å². The van der Waals surface area contributed by atoms with Gasteiger partial charge in [0.15, 0.2) is 11.5 Å². The van der Waals surface area contributed by atoms with Crippen molar-refractivity contribution in [3.8, 4) is 23.0 Å². The Morgan fingerprint density at radius 1 is 0.951 bits per heavy atom. The monoisotopic (exact) mass is 980 g/mol. The van der Waals surface area contributed by atoms with Crippen molar-refractivity contribution in [1.29, 1.82) is 0 Å². The zero-order valence-electron chi connectivity index (χ0n) is 36.3. The highest BCUT2D eigenvalue weighted by atomic mass is 127. The van der Waals surface area contributed by atoms with Crippen molar-refractivity contribution >= 4 is 74.4 Å². The van der Waals surface area contributed by atoms with Crippen molar-refractivity contribution in [3.05, 3.63) is 47.3 Å². The highest BCUT2D eigenvalue weighted by Crippen LogP contribution is 2.57. The Balaban J connectivity index is 1.70. The Bertz CT molecular complexity index is 2150. The molecule has 17 heteroatoms. The van der Waals surface area contributed by atoms with E-state index >= 15 is 0 Å². The number of allylic oxidation sites excluding steroid dienone is 2. The van der Waals surface area contributed by atoms with E-state index in [1.165, 1.54) is 34.1 Å². The van der Waals surface area contributed by atoms with Crippen LogP contribution in [0.25, 0.3) is 10.8 Å². The fourth-order valence-corrected chi connectivity index (χ4v) is 9.52. The lowest BCUT2D eigenvalue weighted by atomic mass is 9.77. The van der Waals surface area contributed by atoms with Crippen molar-refractivity contribution in [2.75, 3.05) is 29.2 Å². The van der Waals surface area contributed by atoms with Gasteiger partial charge in [-0.3, -0.25) is 19.2 Å². The van der Waals surface area contributed by atoms with Gasteiger partial charge in [0.05, 0.1) is 44.8 Å². The lowest BCUT2D eigenvalue weighted by Gasteiger charge is -2.50. The molecule has 61 heavy (non-hydrogen) atoms. The van der Waals surface area contributed by atoms with Gasteiger partial charge in [0.1, 0.15) is 29.0 Å². The van der Waals surface area contributed by atoms with Crippen molar-refractivity contribution in [2.24, 2.45) is 23.7 Å². The van der Waals surface area contributed by atoms with Gasteiger partial charge in [0.2, 0.25) is 5.91 Å². The number of phenols is 3. The fourth-order valence-electron chi connectivity index (χ4n) is 8.31. The number of fused-ring (bicyclic) bond motifs is 10. The van der Waals surface area contributed by atoms with Gasteiger partial charge >= 0.3 is 11.8 Å². The van der Waals surface area contributed by atoms with Gasteiger partial charge in [-0.25, -0.2) is 0 Å². The Kier molecular flexibility index (Phi) is 15.1. The van der Waals surface area contributed by atoms with Crippen LogP contribution in [-0.4, -0.2) is 98.7 Å². The van der Waals surface area contributed by atoms with Gasteiger partial charge in [0, 0.05) is 73.4 Å². The third kappa shape index (κ3) is 9.80. The summed E-state index contributed by atoms with van der Waals surface area (Å²) in [4.78, 5) is 52.9. The molecule has 2 amide bonds. The van der Waals surface area contributed by atoms with E-state index in [1.54, 1.807) is 25.2 Å². The average Bonchev–Trinajstić information content (AvgIpc) is 3.47. The molecular formula is C44H57IN2O13S. The van der Waals surface area contributed by atoms with E-state index in [9.17, 15) is 34.5 Å². The van der Waals surface area contributed by atoms with Gasteiger partial charge in [-0.05, 0) is 33.8 Å². The second-order valence-electron chi connectivity index (χ2n) is 16.4. The lowest BCUT2D eigenvalue weighted by molar-refractivity contribution is -0.336. The first kappa shape index (κ1) is 48.0. The standard InChI is InChI=1S/C44H57IN2O13S/c1-20-13-12-14-21(2)42(54)47-32-34(51)30-29(35(52)40(32)61-18-16-46-28(49)19-45)31-39(23(4)33(30)50)60-44(10,41(31)53)56-17-15-27(55-11)22(3)37(57-26(7)48)25(6)38-24(5)36(20)58-43(8,9)59-38/h12-15,17,20,22,24-25,27,36-38,50-52H,16,18-19H2,1-11H3,(H,46,49)(H,47,54)/b13-12+,17-15+,21-14-/t20-,22+,24+,25+,27-,36-,37-,38+,44-/m0/s1. The summed E-state index contributed by atoms with van der Waals surface area (Å²) < 4.78 is 37.4. The normalized spacial score (nSPS) is 31.0. The number of aromatic hydroxyl groups is 3. The number of hydrogen-bond acceptors (Lipinski definition) is 14. The lowest BCUT2D eigenvalue weighted by Crippen LogP contribution is -2.56. The fraction of sp³-hybridized carbons (Fsp3) is 0.545. The van der Waals surface area contributed by atoms with Crippen LogP contribution in [0.4, 0.5) is 5.69 Å². The van der Waals surface area contributed by atoms with E-state index in [1.807, 2.05) is 70.2 Å². The number of rotatable bonds is 7. The van der Waals surface area contributed by atoms with E-state index in [0.29, 0.717) is 0 Å². The molecule has 0 saturated carbocycles. The summed E-state index contributed by atoms with van der Waals surface area (Å²) in [6, 6.07) is 0. The van der Waals surface area contributed by atoms with Crippen molar-refractivity contribution < 1.29 is 62.9 Å². The number of nitrogens with one attached hydrogen (secondary N) is 2. The Morgan fingerprint density at radius 3 is 2.26 bits per heavy atom. The molecule has 7 bridgehead atoms. The Labute approximate surface area is 374 Å². The molecule has 0 unspecified atom stereocenters. The maximum absolute atomic E-state index is 14.5. The summed E-state index contributed by atoms with van der Waals surface area (Å²) in [7, 11) is 1.50. The van der Waals surface area contributed by atoms with Crippen LogP contribution in [0.1, 0.15) is 78.2 Å². The molecule has 334 valence electrons. The molecule has 4 aliphatic heterocycles. The van der Waals surface area contributed by atoms with E-state index < -0.39 is 70.7 Å².